The highest BCUT2D eigenvalue weighted by atomic mass is 35.5. The van der Waals surface area contributed by atoms with E-state index in [-0.39, 0.29) is 30.0 Å². The fourth-order valence-electron chi connectivity index (χ4n) is 3.15. The van der Waals surface area contributed by atoms with E-state index in [1.54, 1.807) is 24.3 Å². The number of anilines is 1. The highest BCUT2D eigenvalue weighted by Crippen LogP contribution is 2.17. The average Bonchev–Trinajstić information content (AvgIpc) is 3.21. The molecule has 0 unspecified atom stereocenters. The number of halogens is 1. The second-order valence-electron chi connectivity index (χ2n) is 7.06. The normalized spacial score (nSPS) is 14.4. The Morgan fingerprint density at radius 3 is 2.83 bits per heavy atom. The van der Waals surface area contributed by atoms with Crippen molar-refractivity contribution in [3.63, 3.8) is 0 Å². The first kappa shape index (κ1) is 22.6. The van der Waals surface area contributed by atoms with Crippen molar-refractivity contribution >= 4 is 40.4 Å². The Labute approximate surface area is 185 Å². The first-order valence-electron chi connectivity index (χ1n) is 10.1. The predicted molar refractivity (Wildman–Crippen MR) is 117 cm³/mol. The average molecular weight is 452 g/mol. The smallest absolute Gasteiger partial charge is 0.286 e. The Morgan fingerprint density at radius 2 is 2.03 bits per heavy atom. The van der Waals surface area contributed by atoms with Crippen LogP contribution in [0.5, 0.6) is 0 Å². The van der Waals surface area contributed by atoms with Crippen molar-refractivity contribution in [1.29, 1.82) is 0 Å². The summed E-state index contributed by atoms with van der Waals surface area (Å²) in [5.74, 6) is -0.524. The molecule has 2 N–H and O–H groups in total. The lowest BCUT2D eigenvalue weighted by Gasteiger charge is -2.26. The highest BCUT2D eigenvalue weighted by Gasteiger charge is 2.14. The van der Waals surface area contributed by atoms with Crippen molar-refractivity contribution in [2.45, 2.75) is 32.3 Å². The highest BCUT2D eigenvalue weighted by molar-refractivity contribution is 7.13. The Bertz CT molecular complexity index is 841. The minimum absolute atomic E-state index is 0.0483. The van der Waals surface area contributed by atoms with Gasteiger partial charge in [0.15, 0.2) is 0 Å². The van der Waals surface area contributed by atoms with E-state index in [4.69, 9.17) is 16.3 Å². The molecule has 1 aromatic heterocycles. The van der Waals surface area contributed by atoms with Crippen LogP contribution < -0.4 is 10.6 Å². The van der Waals surface area contributed by atoms with Gasteiger partial charge in [0.2, 0.25) is 10.9 Å². The van der Waals surface area contributed by atoms with Gasteiger partial charge in [-0.2, -0.15) is 0 Å². The molecule has 1 aliphatic heterocycles. The fourth-order valence-corrected chi connectivity index (χ4v) is 4.01. The molecule has 10 heteroatoms. The summed E-state index contributed by atoms with van der Waals surface area (Å²) in [6.07, 6.45) is 4.81. The van der Waals surface area contributed by atoms with Crippen LogP contribution in [0.25, 0.3) is 0 Å². The molecule has 30 heavy (non-hydrogen) atoms. The molecule has 2 amide bonds. The van der Waals surface area contributed by atoms with Crippen LogP contribution in [0.2, 0.25) is 5.02 Å². The van der Waals surface area contributed by atoms with E-state index >= 15 is 0 Å². The summed E-state index contributed by atoms with van der Waals surface area (Å²) in [7, 11) is 0. The molecule has 1 saturated heterocycles. The van der Waals surface area contributed by atoms with Gasteiger partial charge in [-0.1, -0.05) is 35.4 Å². The Balaban J connectivity index is 1.31. The van der Waals surface area contributed by atoms with Crippen molar-refractivity contribution in [2.24, 2.45) is 0 Å². The molecule has 0 bridgehead atoms. The molecule has 0 aliphatic carbocycles. The van der Waals surface area contributed by atoms with Crippen molar-refractivity contribution in [2.75, 3.05) is 38.1 Å². The molecule has 0 atom stereocenters. The van der Waals surface area contributed by atoms with Gasteiger partial charge in [-0.15, -0.1) is 10.2 Å². The number of hydrogen-bond donors (Lipinski definition) is 2. The summed E-state index contributed by atoms with van der Waals surface area (Å²) in [5, 5.41) is 14.7. The van der Waals surface area contributed by atoms with E-state index < -0.39 is 0 Å². The monoisotopic (exact) mass is 451 g/mol. The number of carbonyl (C=O) groups excluding carboxylic acids is 2. The topological polar surface area (TPSA) is 96.5 Å². The lowest BCUT2D eigenvalue weighted by atomic mass is 10.1. The van der Waals surface area contributed by atoms with E-state index in [9.17, 15) is 9.59 Å². The minimum atomic E-state index is -0.368. The number of rotatable bonds is 10. The number of benzene rings is 1. The number of hydrogen-bond acceptors (Lipinski definition) is 7. The summed E-state index contributed by atoms with van der Waals surface area (Å²) in [4.78, 5) is 26.5. The summed E-state index contributed by atoms with van der Waals surface area (Å²) < 4.78 is 5.39. The zero-order valence-electron chi connectivity index (χ0n) is 16.7. The van der Waals surface area contributed by atoms with Gasteiger partial charge >= 0.3 is 0 Å². The third-order valence-electron chi connectivity index (χ3n) is 4.62. The number of amides is 2. The molecule has 0 spiro atoms. The molecule has 2 aromatic rings. The maximum atomic E-state index is 12.2. The van der Waals surface area contributed by atoms with Crippen molar-refractivity contribution in [3.8, 4) is 0 Å². The van der Waals surface area contributed by atoms with Crippen LogP contribution in [0, 0.1) is 0 Å². The van der Waals surface area contributed by atoms with Crippen LogP contribution >= 0.6 is 22.9 Å². The van der Waals surface area contributed by atoms with E-state index in [1.165, 1.54) is 19.3 Å². The van der Waals surface area contributed by atoms with Crippen molar-refractivity contribution < 1.29 is 14.3 Å². The summed E-state index contributed by atoms with van der Waals surface area (Å²) >= 11 is 7.03. The molecule has 2 heterocycles. The lowest BCUT2D eigenvalue weighted by molar-refractivity contribution is -0.126. The summed E-state index contributed by atoms with van der Waals surface area (Å²) in [6, 6.07) is 6.86. The molecular formula is C20H26ClN5O3S. The van der Waals surface area contributed by atoms with Gasteiger partial charge in [0.05, 0.1) is 0 Å². The Hall–Kier alpha value is -2.07. The van der Waals surface area contributed by atoms with E-state index in [0.717, 1.165) is 37.4 Å². The number of piperidine rings is 1. The number of nitrogens with one attached hydrogen (secondary N) is 2. The molecule has 162 valence electrons. The molecule has 1 fully saturated rings. The van der Waals surface area contributed by atoms with Gasteiger partial charge in [-0.3, -0.25) is 9.59 Å². The largest absolute Gasteiger partial charge is 0.364 e. The minimum Gasteiger partial charge on any atom is -0.364 e. The summed E-state index contributed by atoms with van der Waals surface area (Å²) in [5.41, 5.74) is 0.581. The van der Waals surface area contributed by atoms with Crippen LogP contribution in [0.15, 0.2) is 24.3 Å². The van der Waals surface area contributed by atoms with Crippen LogP contribution in [0.4, 0.5) is 5.69 Å². The molecule has 8 nitrogen and oxygen atoms in total. The maximum absolute atomic E-state index is 12.2. The number of carbonyl (C=O) groups is 2. The number of likely N-dealkylation sites (tertiary alicyclic amines) is 1. The standard InChI is InChI=1S/C20H26ClN5O3S/c21-15-6-4-7-16(12-15)23-19(28)20-25-24-18(30-20)14-29-13-17(27)22-8-5-11-26-9-2-1-3-10-26/h4,6-7,12H,1-3,5,8-11,13-14H2,(H,22,27)(H,23,28). The van der Waals surface area contributed by atoms with E-state index in [2.05, 4.69) is 25.7 Å². The lowest BCUT2D eigenvalue weighted by Crippen LogP contribution is -2.34. The zero-order valence-corrected chi connectivity index (χ0v) is 18.3. The molecule has 0 radical (unpaired) electrons. The summed E-state index contributed by atoms with van der Waals surface area (Å²) in [6.45, 7) is 4.07. The van der Waals surface area contributed by atoms with E-state index in [1.807, 2.05) is 0 Å². The zero-order chi connectivity index (χ0) is 21.2. The second-order valence-corrected chi connectivity index (χ2v) is 8.56. The van der Waals surface area contributed by atoms with Gasteiger partial charge in [-0.25, -0.2) is 0 Å². The van der Waals surface area contributed by atoms with Gasteiger partial charge in [0, 0.05) is 17.3 Å². The third-order valence-corrected chi connectivity index (χ3v) is 5.75. The predicted octanol–water partition coefficient (Wildman–Crippen LogP) is 2.95. The van der Waals surface area contributed by atoms with Gasteiger partial charge in [-0.05, 0) is 57.1 Å². The van der Waals surface area contributed by atoms with Gasteiger partial charge < -0.3 is 20.3 Å². The number of nitrogens with zero attached hydrogens (tertiary/aromatic N) is 3. The molecule has 0 saturated carbocycles. The Kier molecular flexibility index (Phi) is 9.00. The molecule has 1 aliphatic rings. The first-order valence-corrected chi connectivity index (χ1v) is 11.3. The number of ether oxygens (including phenoxy) is 1. The SMILES string of the molecule is O=C(COCc1nnc(C(=O)Nc2cccc(Cl)c2)s1)NCCCN1CCCCC1. The van der Waals surface area contributed by atoms with Crippen molar-refractivity contribution in [1.82, 2.24) is 20.4 Å². The fraction of sp³-hybridized carbons (Fsp3) is 0.500. The molecule has 1 aromatic carbocycles. The van der Waals surface area contributed by atoms with Gasteiger partial charge in [0.25, 0.3) is 5.91 Å². The van der Waals surface area contributed by atoms with Crippen LogP contribution in [0.3, 0.4) is 0 Å². The number of aromatic nitrogens is 2. The molecule has 3 rings (SSSR count). The molecular weight excluding hydrogens is 426 g/mol. The second kappa shape index (κ2) is 11.9. The van der Waals surface area contributed by atoms with Gasteiger partial charge in [0.1, 0.15) is 18.2 Å². The van der Waals surface area contributed by atoms with Crippen molar-refractivity contribution in [3.05, 3.63) is 39.3 Å². The Morgan fingerprint density at radius 1 is 1.20 bits per heavy atom. The van der Waals surface area contributed by atoms with Crippen LogP contribution in [-0.2, 0) is 16.1 Å². The van der Waals surface area contributed by atoms with Crippen LogP contribution in [-0.4, -0.2) is 59.7 Å². The third kappa shape index (κ3) is 7.64. The van der Waals surface area contributed by atoms with Crippen LogP contribution in [0.1, 0.15) is 40.5 Å². The van der Waals surface area contributed by atoms with E-state index in [0.29, 0.717) is 22.3 Å². The first-order chi connectivity index (χ1) is 14.6. The maximum Gasteiger partial charge on any atom is 0.286 e. The quantitative estimate of drug-likeness (QED) is 0.539.